The lowest BCUT2D eigenvalue weighted by Crippen LogP contribution is -2.35. The molecular weight excluding hydrogens is 304 g/mol. The molecule has 0 aromatic heterocycles. The topological polar surface area (TPSA) is 24.5 Å². The van der Waals surface area contributed by atoms with Crippen LogP contribution in [0.4, 0.5) is 5.69 Å². The van der Waals surface area contributed by atoms with Gasteiger partial charge in [0, 0.05) is 42.9 Å². The van der Waals surface area contributed by atoms with Crippen molar-refractivity contribution in [1.29, 1.82) is 0 Å². The molecule has 0 saturated carbocycles. The molecule has 0 atom stereocenters. The lowest BCUT2D eigenvalue weighted by Gasteiger charge is -2.22. The largest absolute Gasteiger partial charge is 0.383 e. The van der Waals surface area contributed by atoms with E-state index in [-0.39, 0.29) is 5.54 Å². The molecule has 0 aliphatic heterocycles. The van der Waals surface area contributed by atoms with Crippen LogP contribution in [0.25, 0.3) is 0 Å². The summed E-state index contributed by atoms with van der Waals surface area (Å²) in [6.07, 6.45) is 0. The Kier molecular flexibility index (Phi) is 6.30. The summed E-state index contributed by atoms with van der Waals surface area (Å²) in [5.41, 5.74) is 2.61. The van der Waals surface area contributed by atoms with Crippen molar-refractivity contribution in [2.45, 2.75) is 32.9 Å². The third-order valence-electron chi connectivity index (χ3n) is 2.92. The van der Waals surface area contributed by atoms with Crippen molar-refractivity contribution in [1.82, 2.24) is 5.32 Å². The van der Waals surface area contributed by atoms with Crippen molar-refractivity contribution >= 4 is 21.6 Å². The molecule has 1 rings (SSSR count). The molecular formula is C15H25BrN2O. The predicted octanol–water partition coefficient (Wildman–Crippen LogP) is 3.42. The molecule has 0 radical (unpaired) electrons. The van der Waals surface area contributed by atoms with E-state index >= 15 is 0 Å². The number of halogens is 1. The summed E-state index contributed by atoms with van der Waals surface area (Å²) in [5.74, 6) is 0. The summed E-state index contributed by atoms with van der Waals surface area (Å²) in [6, 6.07) is 6.48. The van der Waals surface area contributed by atoms with E-state index in [0.717, 1.165) is 24.2 Å². The second-order valence-corrected chi connectivity index (χ2v) is 6.65. The molecule has 0 unspecified atom stereocenters. The molecule has 19 heavy (non-hydrogen) atoms. The van der Waals surface area contributed by atoms with E-state index in [1.54, 1.807) is 7.11 Å². The third kappa shape index (κ3) is 5.93. The zero-order valence-corrected chi connectivity index (χ0v) is 14.2. The summed E-state index contributed by atoms with van der Waals surface area (Å²) in [6.45, 7) is 9.02. The van der Waals surface area contributed by atoms with Crippen molar-refractivity contribution in [3.05, 3.63) is 28.2 Å². The van der Waals surface area contributed by atoms with Gasteiger partial charge in [-0.1, -0.05) is 22.0 Å². The van der Waals surface area contributed by atoms with Gasteiger partial charge in [0.1, 0.15) is 0 Å². The minimum absolute atomic E-state index is 0.132. The van der Waals surface area contributed by atoms with E-state index in [4.69, 9.17) is 4.74 Å². The van der Waals surface area contributed by atoms with Crippen LogP contribution in [0.2, 0.25) is 0 Å². The highest BCUT2D eigenvalue weighted by molar-refractivity contribution is 9.10. The number of nitrogens with one attached hydrogen (secondary N) is 1. The van der Waals surface area contributed by atoms with Crippen LogP contribution in [-0.4, -0.2) is 32.8 Å². The van der Waals surface area contributed by atoms with E-state index in [0.29, 0.717) is 0 Å². The van der Waals surface area contributed by atoms with Crippen LogP contribution in [0, 0.1) is 0 Å². The number of methoxy groups -OCH3 is 1. The van der Waals surface area contributed by atoms with Gasteiger partial charge in [0.2, 0.25) is 0 Å². The Morgan fingerprint density at radius 2 is 2.00 bits per heavy atom. The van der Waals surface area contributed by atoms with Crippen molar-refractivity contribution in [2.75, 3.05) is 32.2 Å². The molecule has 1 aromatic rings. The summed E-state index contributed by atoms with van der Waals surface area (Å²) in [7, 11) is 3.80. The van der Waals surface area contributed by atoms with Crippen LogP contribution in [0.3, 0.4) is 0 Å². The first-order valence-corrected chi connectivity index (χ1v) is 7.36. The number of hydrogen-bond donors (Lipinski definition) is 1. The Bertz CT molecular complexity index is 402. The molecule has 0 saturated heterocycles. The molecule has 0 amide bonds. The number of hydrogen-bond acceptors (Lipinski definition) is 3. The molecule has 0 heterocycles. The molecule has 1 aromatic carbocycles. The van der Waals surface area contributed by atoms with Gasteiger partial charge >= 0.3 is 0 Å². The van der Waals surface area contributed by atoms with Crippen LogP contribution in [0.5, 0.6) is 0 Å². The number of benzene rings is 1. The minimum Gasteiger partial charge on any atom is -0.383 e. The fourth-order valence-corrected chi connectivity index (χ4v) is 2.14. The molecule has 4 heteroatoms. The third-order valence-corrected chi connectivity index (χ3v) is 3.66. The molecule has 0 aliphatic rings. The van der Waals surface area contributed by atoms with Gasteiger partial charge in [0.05, 0.1) is 6.61 Å². The number of likely N-dealkylation sites (N-methyl/N-ethyl adjacent to an activating group) is 1. The van der Waals surface area contributed by atoms with Gasteiger partial charge in [-0.15, -0.1) is 0 Å². The second-order valence-electron chi connectivity index (χ2n) is 5.79. The van der Waals surface area contributed by atoms with Gasteiger partial charge in [0.15, 0.2) is 0 Å². The summed E-state index contributed by atoms with van der Waals surface area (Å²) < 4.78 is 6.25. The molecule has 0 bridgehead atoms. The predicted molar refractivity (Wildman–Crippen MR) is 85.9 cm³/mol. The highest BCUT2D eigenvalue weighted by Gasteiger charge is 2.10. The van der Waals surface area contributed by atoms with Gasteiger partial charge < -0.3 is 15.0 Å². The van der Waals surface area contributed by atoms with Gasteiger partial charge in [-0.3, -0.25) is 0 Å². The quantitative estimate of drug-likeness (QED) is 0.865. The Labute approximate surface area is 125 Å². The summed E-state index contributed by atoms with van der Waals surface area (Å²) in [4.78, 5) is 2.19. The van der Waals surface area contributed by atoms with Gasteiger partial charge in [-0.2, -0.15) is 0 Å². The van der Waals surface area contributed by atoms with Crippen molar-refractivity contribution in [2.24, 2.45) is 0 Å². The first-order chi connectivity index (χ1) is 8.83. The zero-order valence-electron chi connectivity index (χ0n) is 12.6. The van der Waals surface area contributed by atoms with E-state index < -0.39 is 0 Å². The maximum Gasteiger partial charge on any atom is 0.0637 e. The smallest absolute Gasteiger partial charge is 0.0637 e. The van der Waals surface area contributed by atoms with E-state index in [1.165, 1.54) is 11.3 Å². The average Bonchev–Trinajstić information content (AvgIpc) is 2.33. The van der Waals surface area contributed by atoms with Crippen LogP contribution >= 0.6 is 15.9 Å². The minimum atomic E-state index is 0.132. The van der Waals surface area contributed by atoms with Crippen LogP contribution < -0.4 is 10.2 Å². The van der Waals surface area contributed by atoms with Gasteiger partial charge in [-0.25, -0.2) is 0 Å². The number of rotatable bonds is 6. The van der Waals surface area contributed by atoms with E-state index in [9.17, 15) is 0 Å². The maximum absolute atomic E-state index is 5.10. The lowest BCUT2D eigenvalue weighted by atomic mass is 10.1. The Hall–Kier alpha value is -0.580. The van der Waals surface area contributed by atoms with Gasteiger partial charge in [0.25, 0.3) is 0 Å². The Balaban J connectivity index is 2.69. The highest BCUT2D eigenvalue weighted by Crippen LogP contribution is 2.24. The maximum atomic E-state index is 5.10. The van der Waals surface area contributed by atoms with Crippen molar-refractivity contribution in [3.8, 4) is 0 Å². The standard InChI is InChI=1S/C15H25BrN2O/c1-15(2,3)17-11-12-6-7-13(10-14(12)16)18(4)8-9-19-5/h6-7,10,17H,8-9,11H2,1-5H3. The van der Waals surface area contributed by atoms with Crippen LogP contribution in [0.15, 0.2) is 22.7 Å². The molecule has 1 N–H and O–H groups in total. The van der Waals surface area contributed by atoms with Crippen LogP contribution in [0.1, 0.15) is 26.3 Å². The fourth-order valence-electron chi connectivity index (χ4n) is 1.63. The average molecular weight is 329 g/mol. The highest BCUT2D eigenvalue weighted by atomic mass is 79.9. The normalized spacial score (nSPS) is 11.7. The van der Waals surface area contributed by atoms with E-state index in [1.807, 2.05) is 0 Å². The summed E-state index contributed by atoms with van der Waals surface area (Å²) >= 11 is 3.65. The fraction of sp³-hybridized carbons (Fsp3) is 0.600. The van der Waals surface area contributed by atoms with Gasteiger partial charge in [-0.05, 0) is 38.5 Å². The number of nitrogens with zero attached hydrogens (tertiary/aromatic N) is 1. The summed E-state index contributed by atoms with van der Waals surface area (Å²) in [5, 5.41) is 3.50. The second kappa shape index (κ2) is 7.27. The Morgan fingerprint density at radius 3 is 2.53 bits per heavy atom. The Morgan fingerprint density at radius 1 is 1.32 bits per heavy atom. The molecule has 108 valence electrons. The number of anilines is 1. The lowest BCUT2D eigenvalue weighted by molar-refractivity contribution is 0.206. The monoisotopic (exact) mass is 328 g/mol. The molecule has 3 nitrogen and oxygen atoms in total. The van der Waals surface area contributed by atoms with Crippen molar-refractivity contribution < 1.29 is 4.74 Å². The first kappa shape index (κ1) is 16.5. The number of ether oxygens (including phenoxy) is 1. The zero-order chi connectivity index (χ0) is 14.5. The molecule has 0 fully saturated rings. The molecule has 0 aliphatic carbocycles. The molecule has 0 spiro atoms. The van der Waals surface area contributed by atoms with Crippen LogP contribution in [-0.2, 0) is 11.3 Å². The van der Waals surface area contributed by atoms with Crippen molar-refractivity contribution in [3.63, 3.8) is 0 Å². The first-order valence-electron chi connectivity index (χ1n) is 6.57. The SMILES string of the molecule is COCCN(C)c1ccc(CNC(C)(C)C)c(Br)c1. The van der Waals surface area contributed by atoms with E-state index in [2.05, 4.69) is 72.2 Å².